The third kappa shape index (κ3) is 5.64. The first kappa shape index (κ1) is 23.3. The van der Waals surface area contributed by atoms with Crippen molar-refractivity contribution < 1.29 is 9.53 Å². The number of para-hydroxylation sites is 1. The molecule has 2 N–H and O–H groups in total. The van der Waals surface area contributed by atoms with Crippen molar-refractivity contribution in [2.24, 2.45) is 5.41 Å². The maximum Gasteiger partial charge on any atom is 0.237 e. The fraction of sp³-hybridized carbons (Fsp3) is 0.611. The van der Waals surface area contributed by atoms with Gasteiger partial charge in [0.2, 0.25) is 5.91 Å². The summed E-state index contributed by atoms with van der Waals surface area (Å²) in [6.45, 7) is 4.05. The zero-order valence-electron chi connectivity index (χ0n) is 15.0. The molecule has 2 aliphatic rings. The van der Waals surface area contributed by atoms with Gasteiger partial charge >= 0.3 is 0 Å². The molecule has 26 heavy (non-hydrogen) atoms. The van der Waals surface area contributed by atoms with Crippen molar-refractivity contribution >= 4 is 42.3 Å². The Morgan fingerprint density at radius 3 is 2.73 bits per heavy atom. The first-order valence-electron chi connectivity index (χ1n) is 8.66. The Balaban J connectivity index is 0.00000169. The normalized spacial score (nSPS) is 21.5. The molecule has 1 atom stereocenters. The molecule has 1 spiro atoms. The first-order valence-corrected chi connectivity index (χ1v) is 9.03. The van der Waals surface area contributed by atoms with Gasteiger partial charge in [0.15, 0.2) is 0 Å². The molecule has 0 aromatic heterocycles. The van der Waals surface area contributed by atoms with Crippen LogP contribution >= 0.6 is 36.4 Å². The number of carbonyl (C=O) groups is 1. The van der Waals surface area contributed by atoms with Gasteiger partial charge in [-0.05, 0) is 56.9 Å². The SMILES string of the molecule is CN1CC2(CCNCC2)CC1C(=O)NCCOc1ccccc1Cl.Cl.Cl. The van der Waals surface area contributed by atoms with Gasteiger partial charge < -0.3 is 15.4 Å². The van der Waals surface area contributed by atoms with Gasteiger partial charge in [-0.3, -0.25) is 9.69 Å². The number of halogens is 3. The molecule has 0 saturated carbocycles. The molecule has 1 aromatic rings. The number of hydrogen-bond donors (Lipinski definition) is 2. The topological polar surface area (TPSA) is 53.6 Å². The van der Waals surface area contributed by atoms with Crippen LogP contribution in [0.15, 0.2) is 24.3 Å². The lowest BCUT2D eigenvalue weighted by atomic mass is 9.77. The van der Waals surface area contributed by atoms with Crippen LogP contribution in [-0.2, 0) is 4.79 Å². The number of hydrogen-bond acceptors (Lipinski definition) is 4. The summed E-state index contributed by atoms with van der Waals surface area (Å²) in [7, 11) is 2.06. The maximum atomic E-state index is 12.5. The van der Waals surface area contributed by atoms with E-state index in [4.69, 9.17) is 16.3 Å². The van der Waals surface area contributed by atoms with Crippen LogP contribution in [0.3, 0.4) is 0 Å². The molecule has 1 unspecified atom stereocenters. The van der Waals surface area contributed by atoms with Crippen molar-refractivity contribution in [1.29, 1.82) is 0 Å². The van der Waals surface area contributed by atoms with Crippen molar-refractivity contribution in [2.45, 2.75) is 25.3 Å². The second kappa shape index (κ2) is 10.6. The Kier molecular flexibility index (Phi) is 9.48. The Bertz CT molecular complexity index is 583. The summed E-state index contributed by atoms with van der Waals surface area (Å²) in [5.41, 5.74) is 0.316. The number of benzene rings is 1. The lowest BCUT2D eigenvalue weighted by molar-refractivity contribution is -0.125. The van der Waals surface area contributed by atoms with Gasteiger partial charge in [-0.1, -0.05) is 23.7 Å². The lowest BCUT2D eigenvalue weighted by Crippen LogP contribution is -2.42. The molecule has 8 heteroatoms. The fourth-order valence-corrected chi connectivity index (χ4v) is 4.09. The number of rotatable bonds is 5. The Morgan fingerprint density at radius 2 is 2.04 bits per heavy atom. The van der Waals surface area contributed by atoms with E-state index in [-0.39, 0.29) is 36.8 Å². The molecule has 5 nitrogen and oxygen atoms in total. The van der Waals surface area contributed by atoms with Gasteiger partial charge in [0.25, 0.3) is 0 Å². The van der Waals surface area contributed by atoms with Gasteiger partial charge in [-0.25, -0.2) is 0 Å². The summed E-state index contributed by atoms with van der Waals surface area (Å²) in [5.74, 6) is 0.760. The zero-order chi connectivity index (χ0) is 17.0. The predicted molar refractivity (Wildman–Crippen MR) is 110 cm³/mol. The van der Waals surface area contributed by atoms with E-state index >= 15 is 0 Å². The minimum atomic E-state index is -0.0246. The molecule has 2 heterocycles. The highest BCUT2D eigenvalue weighted by Crippen LogP contribution is 2.41. The van der Waals surface area contributed by atoms with Crippen molar-refractivity contribution in [1.82, 2.24) is 15.5 Å². The van der Waals surface area contributed by atoms with E-state index < -0.39 is 0 Å². The van der Waals surface area contributed by atoms with Crippen LogP contribution in [-0.4, -0.2) is 56.7 Å². The number of piperidine rings is 1. The molecule has 0 bridgehead atoms. The van der Waals surface area contributed by atoms with E-state index in [1.807, 2.05) is 18.2 Å². The molecule has 2 fully saturated rings. The van der Waals surface area contributed by atoms with E-state index in [1.54, 1.807) is 6.07 Å². The quantitative estimate of drug-likeness (QED) is 0.714. The van der Waals surface area contributed by atoms with E-state index in [0.717, 1.165) is 38.9 Å². The third-order valence-electron chi connectivity index (χ3n) is 5.21. The van der Waals surface area contributed by atoms with Gasteiger partial charge in [-0.15, -0.1) is 24.8 Å². The Labute approximate surface area is 173 Å². The van der Waals surface area contributed by atoms with Crippen molar-refractivity contribution in [2.75, 3.05) is 39.8 Å². The highest BCUT2D eigenvalue weighted by Gasteiger charge is 2.45. The summed E-state index contributed by atoms with van der Waals surface area (Å²) in [6.07, 6.45) is 3.29. The van der Waals surface area contributed by atoms with Crippen LogP contribution in [0.2, 0.25) is 5.02 Å². The van der Waals surface area contributed by atoms with Crippen molar-refractivity contribution in [3.8, 4) is 5.75 Å². The standard InChI is InChI=1S/C18H26ClN3O2.2ClH/c1-22-13-18(6-8-20-9-7-18)12-15(22)17(23)21-10-11-24-16-5-3-2-4-14(16)19;;/h2-5,15,20H,6-13H2,1H3,(H,21,23);2*1H. The average molecular weight is 425 g/mol. The number of likely N-dealkylation sites (tertiary alicyclic amines) is 1. The van der Waals surface area contributed by atoms with Crippen LogP contribution in [0.5, 0.6) is 5.75 Å². The zero-order valence-corrected chi connectivity index (χ0v) is 17.4. The predicted octanol–water partition coefficient (Wildman–Crippen LogP) is 2.75. The second-order valence-corrected chi connectivity index (χ2v) is 7.36. The number of amides is 1. The molecule has 0 radical (unpaired) electrons. The van der Waals surface area contributed by atoms with Crippen molar-refractivity contribution in [3.05, 3.63) is 29.3 Å². The maximum absolute atomic E-state index is 12.5. The van der Waals surface area contributed by atoms with Crippen LogP contribution in [0.4, 0.5) is 0 Å². The molecule has 1 aromatic carbocycles. The summed E-state index contributed by atoms with van der Waals surface area (Å²) >= 11 is 6.05. The summed E-state index contributed by atoms with van der Waals surface area (Å²) in [5, 5.41) is 7.00. The van der Waals surface area contributed by atoms with Crippen LogP contribution in [0.25, 0.3) is 0 Å². The molecule has 0 aliphatic carbocycles. The minimum absolute atomic E-state index is 0. The fourth-order valence-electron chi connectivity index (χ4n) is 3.90. The highest BCUT2D eigenvalue weighted by molar-refractivity contribution is 6.32. The van der Waals surface area contributed by atoms with E-state index in [1.165, 1.54) is 0 Å². The van der Waals surface area contributed by atoms with E-state index in [2.05, 4.69) is 22.6 Å². The number of ether oxygens (including phenoxy) is 1. The smallest absolute Gasteiger partial charge is 0.237 e. The summed E-state index contributed by atoms with van der Waals surface area (Å²) < 4.78 is 5.62. The summed E-state index contributed by atoms with van der Waals surface area (Å²) in [6, 6.07) is 7.34. The van der Waals surface area contributed by atoms with Crippen molar-refractivity contribution in [3.63, 3.8) is 0 Å². The second-order valence-electron chi connectivity index (χ2n) is 6.95. The van der Waals surface area contributed by atoms with Gasteiger partial charge in [0.05, 0.1) is 17.6 Å². The van der Waals surface area contributed by atoms with Crippen LogP contribution in [0, 0.1) is 5.41 Å². The number of likely N-dealkylation sites (N-methyl/N-ethyl adjacent to an activating group) is 1. The first-order chi connectivity index (χ1) is 11.6. The molecular weight excluding hydrogens is 397 g/mol. The van der Waals surface area contributed by atoms with E-state index in [9.17, 15) is 4.79 Å². The molecule has 3 rings (SSSR count). The Morgan fingerprint density at radius 1 is 1.35 bits per heavy atom. The molecule has 148 valence electrons. The largest absolute Gasteiger partial charge is 0.490 e. The van der Waals surface area contributed by atoms with E-state index in [0.29, 0.717) is 29.3 Å². The monoisotopic (exact) mass is 423 g/mol. The van der Waals surface area contributed by atoms with Gasteiger partial charge in [-0.2, -0.15) is 0 Å². The summed E-state index contributed by atoms with van der Waals surface area (Å²) in [4.78, 5) is 14.7. The minimum Gasteiger partial charge on any atom is -0.490 e. The average Bonchev–Trinajstić information content (AvgIpc) is 2.89. The van der Waals surface area contributed by atoms with Gasteiger partial charge in [0, 0.05) is 6.54 Å². The highest BCUT2D eigenvalue weighted by atomic mass is 35.5. The molecule has 1 amide bonds. The third-order valence-corrected chi connectivity index (χ3v) is 5.52. The molecule has 2 aliphatic heterocycles. The van der Waals surface area contributed by atoms with Crippen LogP contribution < -0.4 is 15.4 Å². The molecular formula is C18H28Cl3N3O2. The lowest BCUT2D eigenvalue weighted by Gasteiger charge is -2.33. The number of nitrogens with one attached hydrogen (secondary N) is 2. The molecule has 2 saturated heterocycles. The van der Waals surface area contributed by atoms with Crippen LogP contribution in [0.1, 0.15) is 19.3 Å². The van der Waals surface area contributed by atoms with Gasteiger partial charge in [0.1, 0.15) is 12.4 Å². The number of carbonyl (C=O) groups excluding carboxylic acids is 1. The Hall–Kier alpha value is -0.720. The number of nitrogens with zero attached hydrogens (tertiary/aromatic N) is 1.